The van der Waals surface area contributed by atoms with Gasteiger partial charge in [-0.05, 0) is 47.3 Å². The maximum atomic E-state index is 6.35. The van der Waals surface area contributed by atoms with E-state index in [1.807, 2.05) is 0 Å². The van der Waals surface area contributed by atoms with Gasteiger partial charge in [-0.25, -0.2) is 0 Å². The van der Waals surface area contributed by atoms with E-state index in [0.717, 1.165) is 38.9 Å². The van der Waals surface area contributed by atoms with Crippen LogP contribution in [0.1, 0.15) is 13.3 Å². The molecular weight excluding hydrogens is 322 g/mol. The Hall–Kier alpha value is 0.234. The quantitative estimate of drug-likeness (QED) is 0.507. The van der Waals surface area contributed by atoms with Crippen LogP contribution >= 0.6 is 0 Å². The predicted molar refractivity (Wildman–Crippen MR) is 106 cm³/mol. The minimum absolute atomic E-state index is 0.346. The smallest absolute Gasteiger partial charge is 0.352 e. The van der Waals surface area contributed by atoms with Crippen LogP contribution in [0.2, 0.25) is 26.2 Å². The Morgan fingerprint density at radius 3 is 1.61 bits per heavy atom. The lowest BCUT2D eigenvalue weighted by atomic mass is 10.5. The summed E-state index contributed by atoms with van der Waals surface area (Å²) in [5, 5.41) is 3.77. The Kier molecular flexibility index (Phi) is 11.1. The van der Waals surface area contributed by atoms with Crippen molar-refractivity contribution in [1.29, 1.82) is 0 Å². The molecule has 0 heterocycles. The zero-order valence-corrected chi connectivity index (χ0v) is 19.0. The summed E-state index contributed by atoms with van der Waals surface area (Å²) in [5.41, 5.74) is 0.346. The van der Waals surface area contributed by atoms with Crippen molar-refractivity contribution in [1.82, 2.24) is 15.1 Å². The topological polar surface area (TPSA) is 37.0 Å². The molecule has 0 radical (unpaired) electrons. The van der Waals surface area contributed by atoms with E-state index in [4.69, 9.17) is 8.85 Å². The van der Waals surface area contributed by atoms with Gasteiger partial charge in [0.25, 0.3) is 0 Å². The first-order valence-corrected chi connectivity index (χ1v) is 14.9. The fraction of sp³-hybridized carbons (Fsp3) is 1.00. The van der Waals surface area contributed by atoms with Crippen LogP contribution in [-0.2, 0) is 8.85 Å². The molecule has 0 aliphatic heterocycles. The summed E-state index contributed by atoms with van der Waals surface area (Å²) in [6.45, 7) is 15.0. The molecule has 1 N–H and O–H groups in total. The fourth-order valence-electron chi connectivity index (χ4n) is 2.23. The molecule has 0 bridgehead atoms. The largest absolute Gasteiger partial charge is 0.392 e. The van der Waals surface area contributed by atoms with Crippen LogP contribution < -0.4 is 5.32 Å². The highest BCUT2D eigenvalue weighted by molar-refractivity contribution is 6.76. The molecule has 23 heavy (non-hydrogen) atoms. The van der Waals surface area contributed by atoms with Crippen molar-refractivity contribution in [3.8, 4) is 0 Å². The van der Waals surface area contributed by atoms with E-state index in [9.17, 15) is 0 Å². The van der Waals surface area contributed by atoms with E-state index >= 15 is 0 Å². The SMILES string of the molecule is CCC(NC[Si](C)(C)C)[Si](C)(OCCN(C)C)OCCN(C)C. The second-order valence-corrected chi connectivity index (χ2v) is 17.0. The molecular formula is C16H41N3O2Si2. The molecule has 0 amide bonds. The lowest BCUT2D eigenvalue weighted by molar-refractivity contribution is 0.138. The highest BCUT2D eigenvalue weighted by Gasteiger charge is 2.40. The molecule has 0 aliphatic carbocycles. The van der Waals surface area contributed by atoms with Gasteiger partial charge in [-0.15, -0.1) is 0 Å². The summed E-state index contributed by atoms with van der Waals surface area (Å²) in [6.07, 6.45) is 2.17. The third kappa shape index (κ3) is 11.4. The molecule has 0 rings (SSSR count). The number of nitrogens with zero attached hydrogens (tertiary/aromatic N) is 2. The Balaban J connectivity index is 4.80. The van der Waals surface area contributed by atoms with Crippen LogP contribution in [0.25, 0.3) is 0 Å². The Morgan fingerprint density at radius 2 is 1.30 bits per heavy atom. The summed E-state index contributed by atoms with van der Waals surface area (Å²) in [5.74, 6) is 0. The van der Waals surface area contributed by atoms with Gasteiger partial charge >= 0.3 is 8.56 Å². The van der Waals surface area contributed by atoms with Crippen molar-refractivity contribution in [2.45, 2.75) is 45.2 Å². The summed E-state index contributed by atoms with van der Waals surface area (Å²) < 4.78 is 12.7. The molecule has 0 aromatic heterocycles. The second kappa shape index (κ2) is 11.0. The lowest BCUT2D eigenvalue weighted by Gasteiger charge is -2.36. The highest BCUT2D eigenvalue weighted by Crippen LogP contribution is 2.16. The number of rotatable bonds is 13. The van der Waals surface area contributed by atoms with Crippen molar-refractivity contribution in [2.24, 2.45) is 0 Å². The van der Waals surface area contributed by atoms with Gasteiger partial charge in [0.2, 0.25) is 0 Å². The zero-order chi connectivity index (χ0) is 18.1. The third-order valence-electron chi connectivity index (χ3n) is 3.77. The molecule has 5 nitrogen and oxygen atoms in total. The van der Waals surface area contributed by atoms with E-state index in [1.165, 1.54) is 0 Å². The Morgan fingerprint density at radius 1 is 0.870 bits per heavy atom. The number of hydrogen-bond acceptors (Lipinski definition) is 5. The van der Waals surface area contributed by atoms with Crippen molar-refractivity contribution in [3.05, 3.63) is 0 Å². The summed E-state index contributed by atoms with van der Waals surface area (Å²) >= 11 is 0. The molecule has 0 fully saturated rings. The molecule has 0 aromatic carbocycles. The van der Waals surface area contributed by atoms with Crippen LogP contribution in [0.15, 0.2) is 0 Å². The van der Waals surface area contributed by atoms with Crippen LogP contribution in [0.3, 0.4) is 0 Å². The van der Waals surface area contributed by atoms with Gasteiger partial charge in [0.05, 0.1) is 8.07 Å². The first-order chi connectivity index (χ1) is 10.5. The first kappa shape index (κ1) is 23.2. The molecule has 0 aromatic rings. The molecule has 0 spiro atoms. The molecule has 0 saturated heterocycles. The zero-order valence-electron chi connectivity index (χ0n) is 17.0. The number of nitrogens with one attached hydrogen (secondary N) is 1. The first-order valence-electron chi connectivity index (χ1n) is 8.81. The lowest BCUT2D eigenvalue weighted by Crippen LogP contribution is -2.60. The number of likely N-dealkylation sites (N-methyl/N-ethyl adjacent to an activating group) is 2. The summed E-state index contributed by atoms with van der Waals surface area (Å²) in [6, 6.07) is 0. The fourth-order valence-corrected chi connectivity index (χ4v) is 5.99. The van der Waals surface area contributed by atoms with Gasteiger partial charge in [0, 0.05) is 32.0 Å². The molecule has 140 valence electrons. The minimum Gasteiger partial charge on any atom is -0.392 e. The van der Waals surface area contributed by atoms with Gasteiger partial charge in [-0.3, -0.25) is 0 Å². The van der Waals surface area contributed by atoms with E-state index in [0.29, 0.717) is 5.67 Å². The van der Waals surface area contributed by atoms with Crippen molar-refractivity contribution < 1.29 is 8.85 Å². The standard InChI is InChI=1S/C16H41N3O2Si2/c1-10-16(17-15-22(6,7)8)23(9,20-13-11-18(2)3)21-14-12-19(4)5/h16-17H,10-15H2,1-9H3. The van der Waals surface area contributed by atoms with Gasteiger partial charge < -0.3 is 24.0 Å². The van der Waals surface area contributed by atoms with Crippen LogP contribution in [-0.4, -0.2) is 92.8 Å². The minimum atomic E-state index is -2.25. The van der Waals surface area contributed by atoms with Crippen molar-refractivity contribution in [2.75, 3.05) is 60.7 Å². The van der Waals surface area contributed by atoms with Crippen LogP contribution in [0, 0.1) is 0 Å². The molecule has 1 atom stereocenters. The van der Waals surface area contributed by atoms with E-state index < -0.39 is 16.6 Å². The maximum absolute atomic E-state index is 6.35. The maximum Gasteiger partial charge on any atom is 0.352 e. The van der Waals surface area contributed by atoms with E-state index in [-0.39, 0.29) is 0 Å². The van der Waals surface area contributed by atoms with E-state index in [1.54, 1.807) is 0 Å². The molecule has 0 aliphatic rings. The van der Waals surface area contributed by atoms with Crippen LogP contribution in [0.5, 0.6) is 0 Å². The van der Waals surface area contributed by atoms with Gasteiger partial charge in [0.15, 0.2) is 0 Å². The predicted octanol–water partition coefficient (Wildman–Crippen LogP) is 2.00. The van der Waals surface area contributed by atoms with Gasteiger partial charge in [0.1, 0.15) is 0 Å². The van der Waals surface area contributed by atoms with Crippen molar-refractivity contribution in [3.63, 3.8) is 0 Å². The summed E-state index contributed by atoms with van der Waals surface area (Å²) in [4.78, 5) is 4.32. The normalized spacial score (nSPS) is 14.7. The third-order valence-corrected chi connectivity index (χ3v) is 8.47. The summed E-state index contributed by atoms with van der Waals surface area (Å²) in [7, 11) is 4.93. The van der Waals surface area contributed by atoms with Gasteiger partial charge in [-0.2, -0.15) is 0 Å². The monoisotopic (exact) mass is 363 g/mol. The highest BCUT2D eigenvalue weighted by atomic mass is 28.4. The molecule has 0 saturated carbocycles. The van der Waals surface area contributed by atoms with E-state index in [2.05, 4.69) is 76.4 Å². The van der Waals surface area contributed by atoms with Gasteiger partial charge in [-0.1, -0.05) is 26.6 Å². The average molecular weight is 364 g/mol. The number of hydrogen-bond donors (Lipinski definition) is 1. The van der Waals surface area contributed by atoms with Crippen LogP contribution in [0.4, 0.5) is 0 Å². The average Bonchev–Trinajstić information content (AvgIpc) is 2.36. The van der Waals surface area contributed by atoms with Crippen molar-refractivity contribution >= 4 is 16.6 Å². The Bertz CT molecular complexity index is 296. The Labute approximate surface area is 147 Å². The molecule has 1 unspecified atom stereocenters. The second-order valence-electron chi connectivity index (χ2n) is 8.22. The molecule has 7 heteroatoms.